The first-order valence-corrected chi connectivity index (χ1v) is 7.58. The van der Waals surface area contributed by atoms with Crippen molar-refractivity contribution in [1.29, 1.82) is 0 Å². The molecule has 2 rings (SSSR count). The van der Waals surface area contributed by atoms with Crippen molar-refractivity contribution in [3.63, 3.8) is 0 Å². The van der Waals surface area contributed by atoms with Gasteiger partial charge in [0.1, 0.15) is 4.21 Å². The molecular formula is C10H17ClN2O2S2. The molecule has 1 saturated heterocycles. The van der Waals surface area contributed by atoms with E-state index in [1.165, 1.54) is 11.3 Å². The molecule has 0 amide bonds. The van der Waals surface area contributed by atoms with Crippen LogP contribution in [0.5, 0.6) is 0 Å². The molecule has 98 valence electrons. The maximum Gasteiger partial charge on any atom is 0.252 e. The molecule has 0 atom stereocenters. The Hall–Kier alpha value is -0.140. The van der Waals surface area contributed by atoms with Gasteiger partial charge in [0.2, 0.25) is 0 Å². The maximum absolute atomic E-state index is 12.2. The van der Waals surface area contributed by atoms with Gasteiger partial charge < -0.3 is 5.73 Å². The Morgan fingerprint density at radius 1 is 1.35 bits per heavy atom. The number of hydrogen-bond acceptors (Lipinski definition) is 4. The number of halogens is 1. The second-order valence-corrected chi connectivity index (χ2v) is 7.56. The fourth-order valence-corrected chi connectivity index (χ4v) is 4.70. The molecule has 1 aliphatic rings. The summed E-state index contributed by atoms with van der Waals surface area (Å²) in [5.41, 5.74) is 5.76. The lowest BCUT2D eigenvalue weighted by Crippen LogP contribution is -2.42. The molecule has 2 N–H and O–H groups in total. The molecule has 0 radical (unpaired) electrons. The SMILES string of the molecule is Cc1ccc(S(=O)(=O)N2CCC(N)CC2)s1.Cl. The molecule has 17 heavy (non-hydrogen) atoms. The van der Waals surface area contributed by atoms with Crippen LogP contribution in [-0.2, 0) is 10.0 Å². The van der Waals surface area contributed by atoms with Gasteiger partial charge in [0.05, 0.1) is 0 Å². The van der Waals surface area contributed by atoms with E-state index in [4.69, 9.17) is 5.73 Å². The Morgan fingerprint density at radius 3 is 2.41 bits per heavy atom. The van der Waals surface area contributed by atoms with Gasteiger partial charge in [-0.2, -0.15) is 4.31 Å². The van der Waals surface area contributed by atoms with Crippen molar-refractivity contribution in [2.24, 2.45) is 5.73 Å². The Bertz CT molecular complexity index is 464. The monoisotopic (exact) mass is 296 g/mol. The van der Waals surface area contributed by atoms with Gasteiger partial charge in [0, 0.05) is 24.0 Å². The third-order valence-corrected chi connectivity index (χ3v) is 6.18. The van der Waals surface area contributed by atoms with Crippen molar-refractivity contribution in [3.05, 3.63) is 17.0 Å². The average molecular weight is 297 g/mol. The van der Waals surface area contributed by atoms with Crippen LogP contribution in [0.15, 0.2) is 16.3 Å². The summed E-state index contributed by atoms with van der Waals surface area (Å²) in [5, 5.41) is 0. The van der Waals surface area contributed by atoms with Gasteiger partial charge in [0.15, 0.2) is 0 Å². The van der Waals surface area contributed by atoms with E-state index in [2.05, 4.69) is 0 Å². The van der Waals surface area contributed by atoms with Crippen molar-refractivity contribution in [2.75, 3.05) is 13.1 Å². The molecule has 0 aromatic carbocycles. The molecule has 0 unspecified atom stereocenters. The molecule has 0 bridgehead atoms. The third-order valence-electron chi connectivity index (χ3n) is 2.81. The van der Waals surface area contributed by atoms with Crippen LogP contribution in [0.25, 0.3) is 0 Å². The quantitative estimate of drug-likeness (QED) is 0.901. The smallest absolute Gasteiger partial charge is 0.252 e. The second-order valence-electron chi connectivity index (χ2n) is 4.11. The lowest BCUT2D eigenvalue weighted by Gasteiger charge is -2.28. The normalized spacial score (nSPS) is 18.9. The number of rotatable bonds is 2. The van der Waals surface area contributed by atoms with E-state index < -0.39 is 10.0 Å². The minimum Gasteiger partial charge on any atom is -0.328 e. The highest BCUT2D eigenvalue weighted by atomic mass is 35.5. The number of sulfonamides is 1. The fourth-order valence-electron chi connectivity index (χ4n) is 1.79. The summed E-state index contributed by atoms with van der Waals surface area (Å²) < 4.78 is 26.4. The fraction of sp³-hybridized carbons (Fsp3) is 0.600. The van der Waals surface area contributed by atoms with E-state index in [-0.39, 0.29) is 18.4 Å². The summed E-state index contributed by atoms with van der Waals surface area (Å²) >= 11 is 1.33. The molecular weight excluding hydrogens is 280 g/mol. The van der Waals surface area contributed by atoms with E-state index in [1.807, 2.05) is 13.0 Å². The largest absolute Gasteiger partial charge is 0.328 e. The van der Waals surface area contributed by atoms with Crippen molar-refractivity contribution >= 4 is 33.8 Å². The van der Waals surface area contributed by atoms with Gasteiger partial charge in [-0.05, 0) is 31.9 Å². The van der Waals surface area contributed by atoms with Crippen LogP contribution in [0, 0.1) is 6.92 Å². The second kappa shape index (κ2) is 5.67. The first kappa shape index (κ1) is 14.9. The van der Waals surface area contributed by atoms with Gasteiger partial charge in [-0.3, -0.25) is 0 Å². The van der Waals surface area contributed by atoms with Crippen molar-refractivity contribution in [3.8, 4) is 0 Å². The Balaban J connectivity index is 0.00000144. The Morgan fingerprint density at radius 2 is 1.94 bits per heavy atom. The average Bonchev–Trinajstić information content (AvgIpc) is 2.66. The minimum atomic E-state index is -3.27. The number of nitrogens with zero attached hydrogens (tertiary/aromatic N) is 1. The summed E-state index contributed by atoms with van der Waals surface area (Å²) in [6.07, 6.45) is 1.51. The summed E-state index contributed by atoms with van der Waals surface area (Å²) in [6.45, 7) is 3.00. The highest BCUT2D eigenvalue weighted by Crippen LogP contribution is 2.26. The van der Waals surface area contributed by atoms with E-state index in [0.29, 0.717) is 17.3 Å². The van der Waals surface area contributed by atoms with E-state index in [0.717, 1.165) is 17.7 Å². The number of nitrogens with two attached hydrogens (primary N) is 1. The van der Waals surface area contributed by atoms with E-state index >= 15 is 0 Å². The number of aryl methyl sites for hydroxylation is 1. The molecule has 1 fully saturated rings. The van der Waals surface area contributed by atoms with Crippen LogP contribution in [-0.4, -0.2) is 31.9 Å². The lowest BCUT2D eigenvalue weighted by molar-refractivity contribution is 0.320. The van der Waals surface area contributed by atoms with Gasteiger partial charge in [-0.1, -0.05) is 0 Å². The lowest BCUT2D eigenvalue weighted by atomic mass is 10.1. The molecule has 4 nitrogen and oxygen atoms in total. The van der Waals surface area contributed by atoms with Crippen LogP contribution in [0.2, 0.25) is 0 Å². The Kier molecular flexibility index (Phi) is 4.97. The predicted octanol–water partition coefficient (Wildman–Crippen LogP) is 1.59. The zero-order valence-corrected chi connectivity index (χ0v) is 12.1. The molecule has 2 heterocycles. The van der Waals surface area contributed by atoms with E-state index in [1.54, 1.807) is 10.4 Å². The Labute approximate surface area is 112 Å². The zero-order valence-electron chi connectivity index (χ0n) is 9.63. The number of piperidine rings is 1. The first-order valence-electron chi connectivity index (χ1n) is 5.32. The maximum atomic E-state index is 12.2. The number of thiophene rings is 1. The minimum absolute atomic E-state index is 0. The predicted molar refractivity (Wildman–Crippen MR) is 72.3 cm³/mol. The van der Waals surface area contributed by atoms with Crippen molar-refractivity contribution < 1.29 is 8.42 Å². The molecule has 0 saturated carbocycles. The summed E-state index contributed by atoms with van der Waals surface area (Å²) in [7, 11) is -3.27. The van der Waals surface area contributed by atoms with Gasteiger partial charge in [0.25, 0.3) is 10.0 Å². The summed E-state index contributed by atoms with van der Waals surface area (Å²) in [6, 6.07) is 3.67. The van der Waals surface area contributed by atoms with Gasteiger partial charge in [-0.15, -0.1) is 23.7 Å². The van der Waals surface area contributed by atoms with Gasteiger partial charge in [-0.25, -0.2) is 8.42 Å². The standard InChI is InChI=1S/C10H16N2O2S2.ClH/c1-8-2-3-10(15-8)16(13,14)12-6-4-9(11)5-7-12;/h2-3,9H,4-7,11H2,1H3;1H. The molecule has 0 aliphatic carbocycles. The van der Waals surface area contributed by atoms with Crippen molar-refractivity contribution in [2.45, 2.75) is 30.0 Å². The highest BCUT2D eigenvalue weighted by Gasteiger charge is 2.28. The van der Waals surface area contributed by atoms with Gasteiger partial charge >= 0.3 is 0 Å². The molecule has 1 aromatic rings. The van der Waals surface area contributed by atoms with Crippen LogP contribution in [0.3, 0.4) is 0 Å². The van der Waals surface area contributed by atoms with Crippen molar-refractivity contribution in [1.82, 2.24) is 4.31 Å². The molecule has 7 heteroatoms. The molecule has 1 aromatic heterocycles. The number of hydrogen-bond donors (Lipinski definition) is 1. The topological polar surface area (TPSA) is 63.4 Å². The summed E-state index contributed by atoms with van der Waals surface area (Å²) in [4.78, 5) is 1.02. The first-order chi connectivity index (χ1) is 7.50. The molecule has 0 spiro atoms. The van der Waals surface area contributed by atoms with E-state index in [9.17, 15) is 8.42 Å². The van der Waals surface area contributed by atoms with Crippen LogP contribution < -0.4 is 5.73 Å². The molecule has 1 aliphatic heterocycles. The van der Waals surface area contributed by atoms with Crippen LogP contribution in [0.4, 0.5) is 0 Å². The van der Waals surface area contributed by atoms with Crippen LogP contribution >= 0.6 is 23.7 Å². The van der Waals surface area contributed by atoms with Crippen LogP contribution in [0.1, 0.15) is 17.7 Å². The zero-order chi connectivity index (χ0) is 11.8. The summed E-state index contributed by atoms with van der Waals surface area (Å²) in [5.74, 6) is 0. The highest BCUT2D eigenvalue weighted by molar-refractivity contribution is 7.91. The third kappa shape index (κ3) is 3.20.